The molecule has 1 fully saturated rings. The van der Waals surface area contributed by atoms with E-state index in [4.69, 9.17) is 4.74 Å². The molecule has 8 heteroatoms. The lowest BCUT2D eigenvalue weighted by molar-refractivity contribution is 0.0565. The molecule has 1 aromatic carbocycles. The van der Waals surface area contributed by atoms with Gasteiger partial charge in [-0.1, -0.05) is 30.3 Å². The van der Waals surface area contributed by atoms with Gasteiger partial charge in [0.25, 0.3) is 5.91 Å². The molecule has 0 aliphatic carbocycles. The second-order valence-corrected chi connectivity index (χ2v) is 6.78. The monoisotopic (exact) mass is 397 g/mol. The minimum Gasteiger partial charge on any atom is -0.450 e. The van der Waals surface area contributed by atoms with Crippen molar-refractivity contribution >= 4 is 17.8 Å². The summed E-state index contributed by atoms with van der Waals surface area (Å²) in [6.07, 6.45) is 4.73. The van der Waals surface area contributed by atoms with Gasteiger partial charge in [-0.2, -0.15) is 0 Å². The maximum absolute atomic E-state index is 12.6. The molecule has 1 aromatic heterocycles. The number of amides is 2. The summed E-state index contributed by atoms with van der Waals surface area (Å²) in [5.74, 6) is 0.485. The minimum absolute atomic E-state index is 0.170. The van der Waals surface area contributed by atoms with Crippen molar-refractivity contribution in [2.75, 3.05) is 44.6 Å². The Morgan fingerprint density at radius 2 is 1.76 bits per heavy atom. The van der Waals surface area contributed by atoms with Gasteiger partial charge in [0.05, 0.1) is 19.0 Å². The van der Waals surface area contributed by atoms with Gasteiger partial charge in [-0.05, 0) is 25.3 Å². The van der Waals surface area contributed by atoms with Crippen LogP contribution in [-0.4, -0.2) is 71.1 Å². The van der Waals surface area contributed by atoms with Crippen LogP contribution in [0.5, 0.6) is 0 Å². The lowest BCUT2D eigenvalue weighted by Gasteiger charge is -2.33. The van der Waals surface area contributed by atoms with Crippen LogP contribution in [0.25, 0.3) is 0 Å². The number of anilines is 1. The van der Waals surface area contributed by atoms with E-state index < -0.39 is 0 Å². The molecule has 0 spiro atoms. The lowest BCUT2D eigenvalue weighted by Crippen LogP contribution is -2.50. The van der Waals surface area contributed by atoms with E-state index in [0.29, 0.717) is 44.3 Å². The number of rotatable bonds is 7. The SMILES string of the molecule is CCOC(=O)N1CCN(C(=O)c2cnc(NCCCc3ccccc3)cn2)CC1. The molecule has 3 rings (SSSR count). The van der Waals surface area contributed by atoms with E-state index in [1.807, 2.05) is 18.2 Å². The summed E-state index contributed by atoms with van der Waals surface area (Å²) in [5.41, 5.74) is 1.62. The molecular formula is C21H27N5O3. The predicted molar refractivity (Wildman–Crippen MR) is 110 cm³/mol. The van der Waals surface area contributed by atoms with Crippen LogP contribution >= 0.6 is 0 Å². The number of carbonyl (C=O) groups excluding carboxylic acids is 2. The van der Waals surface area contributed by atoms with Crippen molar-refractivity contribution in [3.05, 3.63) is 54.0 Å². The summed E-state index contributed by atoms with van der Waals surface area (Å²) >= 11 is 0. The van der Waals surface area contributed by atoms with Gasteiger partial charge in [-0.25, -0.2) is 14.8 Å². The van der Waals surface area contributed by atoms with E-state index in [-0.39, 0.29) is 12.0 Å². The number of nitrogens with one attached hydrogen (secondary N) is 1. The first-order chi connectivity index (χ1) is 14.2. The van der Waals surface area contributed by atoms with Crippen molar-refractivity contribution in [2.24, 2.45) is 0 Å². The fourth-order valence-electron chi connectivity index (χ4n) is 3.15. The Balaban J connectivity index is 1.42. The van der Waals surface area contributed by atoms with Crippen molar-refractivity contribution < 1.29 is 14.3 Å². The molecular weight excluding hydrogens is 370 g/mol. The molecule has 1 N–H and O–H groups in total. The molecule has 8 nitrogen and oxygen atoms in total. The summed E-state index contributed by atoms with van der Waals surface area (Å²) < 4.78 is 4.99. The smallest absolute Gasteiger partial charge is 0.409 e. The van der Waals surface area contributed by atoms with Crippen molar-refractivity contribution in [2.45, 2.75) is 19.8 Å². The molecule has 0 bridgehead atoms. The Hall–Kier alpha value is -3.16. The number of hydrogen-bond donors (Lipinski definition) is 1. The van der Waals surface area contributed by atoms with Gasteiger partial charge < -0.3 is 19.9 Å². The number of hydrogen-bond acceptors (Lipinski definition) is 6. The molecule has 0 atom stereocenters. The molecule has 29 heavy (non-hydrogen) atoms. The first-order valence-corrected chi connectivity index (χ1v) is 9.98. The minimum atomic E-state index is -0.331. The first-order valence-electron chi connectivity index (χ1n) is 9.98. The average molecular weight is 397 g/mol. The number of aryl methyl sites for hydroxylation is 1. The zero-order valence-electron chi connectivity index (χ0n) is 16.7. The molecule has 0 saturated carbocycles. The summed E-state index contributed by atoms with van der Waals surface area (Å²) in [4.78, 5) is 36.2. The highest BCUT2D eigenvalue weighted by Gasteiger charge is 2.26. The van der Waals surface area contributed by atoms with Crippen LogP contribution in [0, 0.1) is 0 Å². The van der Waals surface area contributed by atoms with Crippen LogP contribution in [0.2, 0.25) is 0 Å². The summed E-state index contributed by atoms with van der Waals surface area (Å²) in [6, 6.07) is 10.3. The largest absolute Gasteiger partial charge is 0.450 e. The van der Waals surface area contributed by atoms with Gasteiger partial charge in [0.1, 0.15) is 11.5 Å². The van der Waals surface area contributed by atoms with E-state index in [9.17, 15) is 9.59 Å². The van der Waals surface area contributed by atoms with Crippen molar-refractivity contribution in [1.29, 1.82) is 0 Å². The van der Waals surface area contributed by atoms with Gasteiger partial charge in [-0.15, -0.1) is 0 Å². The number of benzene rings is 1. The van der Waals surface area contributed by atoms with Gasteiger partial charge in [0.15, 0.2) is 0 Å². The summed E-state index contributed by atoms with van der Waals surface area (Å²) in [5, 5.41) is 3.23. The number of piperazine rings is 1. The fraction of sp³-hybridized carbons (Fsp3) is 0.429. The molecule has 0 unspecified atom stereocenters. The standard InChI is InChI=1S/C21H27N5O3/c1-2-29-21(28)26-13-11-25(12-14-26)20(27)18-15-24-19(16-23-18)22-10-6-9-17-7-4-3-5-8-17/h3-5,7-8,15-16H,2,6,9-14H2,1H3,(H,22,24). The fourth-order valence-corrected chi connectivity index (χ4v) is 3.15. The van der Waals surface area contributed by atoms with Crippen LogP contribution < -0.4 is 5.32 Å². The molecule has 154 valence electrons. The molecule has 2 amide bonds. The van der Waals surface area contributed by atoms with Crippen LogP contribution in [0.1, 0.15) is 29.4 Å². The lowest BCUT2D eigenvalue weighted by atomic mass is 10.1. The number of ether oxygens (including phenoxy) is 1. The Morgan fingerprint density at radius 1 is 1.03 bits per heavy atom. The molecule has 1 aliphatic rings. The van der Waals surface area contributed by atoms with Crippen LogP contribution in [-0.2, 0) is 11.2 Å². The Bertz CT molecular complexity index is 790. The average Bonchev–Trinajstić information content (AvgIpc) is 2.78. The first kappa shape index (κ1) is 20.6. The molecule has 1 saturated heterocycles. The number of nitrogens with zero attached hydrogens (tertiary/aromatic N) is 4. The second kappa shape index (κ2) is 10.4. The van der Waals surface area contributed by atoms with E-state index in [0.717, 1.165) is 19.4 Å². The van der Waals surface area contributed by atoms with E-state index in [2.05, 4.69) is 27.4 Å². The second-order valence-electron chi connectivity index (χ2n) is 6.78. The highest BCUT2D eigenvalue weighted by Crippen LogP contribution is 2.10. The molecule has 0 radical (unpaired) electrons. The number of aromatic nitrogens is 2. The highest BCUT2D eigenvalue weighted by molar-refractivity contribution is 5.92. The van der Waals surface area contributed by atoms with Crippen molar-refractivity contribution in [1.82, 2.24) is 19.8 Å². The normalized spacial score (nSPS) is 13.8. The number of carbonyl (C=O) groups is 2. The van der Waals surface area contributed by atoms with Crippen molar-refractivity contribution in [3.8, 4) is 0 Å². The maximum atomic E-state index is 12.6. The van der Waals surface area contributed by atoms with Crippen LogP contribution in [0.3, 0.4) is 0 Å². The zero-order chi connectivity index (χ0) is 20.5. The molecule has 2 heterocycles. The quantitative estimate of drug-likeness (QED) is 0.722. The maximum Gasteiger partial charge on any atom is 0.409 e. The van der Waals surface area contributed by atoms with E-state index in [1.165, 1.54) is 11.8 Å². The van der Waals surface area contributed by atoms with Gasteiger partial charge in [-0.3, -0.25) is 4.79 Å². The van der Waals surface area contributed by atoms with Crippen LogP contribution in [0.4, 0.5) is 10.6 Å². The summed E-state index contributed by atoms with van der Waals surface area (Å²) in [7, 11) is 0. The van der Waals surface area contributed by atoms with E-state index >= 15 is 0 Å². The zero-order valence-corrected chi connectivity index (χ0v) is 16.7. The Kier molecular flexibility index (Phi) is 7.38. The summed E-state index contributed by atoms with van der Waals surface area (Å²) in [6.45, 7) is 4.74. The Morgan fingerprint density at radius 3 is 2.41 bits per heavy atom. The van der Waals surface area contributed by atoms with Crippen molar-refractivity contribution in [3.63, 3.8) is 0 Å². The molecule has 1 aliphatic heterocycles. The van der Waals surface area contributed by atoms with Crippen LogP contribution in [0.15, 0.2) is 42.7 Å². The van der Waals surface area contributed by atoms with Gasteiger partial charge in [0, 0.05) is 32.7 Å². The topological polar surface area (TPSA) is 87.7 Å². The van der Waals surface area contributed by atoms with E-state index in [1.54, 1.807) is 22.9 Å². The third-order valence-electron chi connectivity index (χ3n) is 4.76. The Labute approximate surface area is 170 Å². The van der Waals surface area contributed by atoms with Gasteiger partial charge in [0.2, 0.25) is 0 Å². The third kappa shape index (κ3) is 5.91. The third-order valence-corrected chi connectivity index (χ3v) is 4.76. The molecule has 2 aromatic rings. The predicted octanol–water partition coefficient (Wildman–Crippen LogP) is 2.44. The van der Waals surface area contributed by atoms with Gasteiger partial charge >= 0.3 is 6.09 Å². The highest BCUT2D eigenvalue weighted by atomic mass is 16.6.